The van der Waals surface area contributed by atoms with Crippen molar-refractivity contribution in [2.24, 2.45) is 0 Å². The fourth-order valence-electron chi connectivity index (χ4n) is 1.57. The van der Waals surface area contributed by atoms with Crippen LogP contribution in [0.3, 0.4) is 0 Å². The van der Waals surface area contributed by atoms with Crippen LogP contribution in [-0.4, -0.2) is 7.05 Å². The summed E-state index contributed by atoms with van der Waals surface area (Å²) in [6, 6.07) is 8.43. The molecule has 1 aromatic carbocycles. The van der Waals surface area contributed by atoms with Crippen LogP contribution >= 0.6 is 22.9 Å². The maximum absolute atomic E-state index is 6.12. The molecule has 0 saturated carbocycles. The molecule has 0 spiro atoms. The van der Waals surface area contributed by atoms with Crippen molar-refractivity contribution >= 4 is 22.9 Å². The zero-order valence-electron chi connectivity index (χ0n) is 9.38. The monoisotopic (exact) mass is 251 g/mol. The van der Waals surface area contributed by atoms with Gasteiger partial charge in [-0.1, -0.05) is 23.7 Å². The summed E-state index contributed by atoms with van der Waals surface area (Å²) in [5.74, 6) is 0. The molecule has 84 valence electrons. The Morgan fingerprint density at radius 3 is 2.81 bits per heavy atom. The van der Waals surface area contributed by atoms with E-state index in [1.54, 1.807) is 11.3 Å². The first kappa shape index (κ1) is 11.6. The van der Waals surface area contributed by atoms with E-state index < -0.39 is 0 Å². The molecule has 3 heteroatoms. The third kappa shape index (κ3) is 2.46. The second kappa shape index (κ2) is 5.00. The highest BCUT2D eigenvalue weighted by atomic mass is 35.5. The summed E-state index contributed by atoms with van der Waals surface area (Å²) in [6.07, 6.45) is 0. The minimum Gasteiger partial charge on any atom is -0.316 e. The molecule has 0 bridgehead atoms. The van der Waals surface area contributed by atoms with Crippen LogP contribution in [0.4, 0.5) is 0 Å². The minimum absolute atomic E-state index is 0.834. The Morgan fingerprint density at radius 1 is 1.31 bits per heavy atom. The van der Waals surface area contributed by atoms with E-state index >= 15 is 0 Å². The Bertz CT molecular complexity index is 490. The molecule has 0 aliphatic carbocycles. The predicted octanol–water partition coefficient (Wildman–Crippen LogP) is 4.10. The summed E-state index contributed by atoms with van der Waals surface area (Å²) in [6.45, 7) is 2.93. The summed E-state index contributed by atoms with van der Waals surface area (Å²) >= 11 is 7.88. The Kier molecular flexibility index (Phi) is 3.64. The van der Waals surface area contributed by atoms with Gasteiger partial charge in [-0.05, 0) is 48.2 Å². The number of hydrogen-bond acceptors (Lipinski definition) is 2. The van der Waals surface area contributed by atoms with Gasteiger partial charge in [0.15, 0.2) is 0 Å². The van der Waals surface area contributed by atoms with Crippen LogP contribution in [0.5, 0.6) is 0 Å². The summed E-state index contributed by atoms with van der Waals surface area (Å²) in [5.41, 5.74) is 3.64. The number of halogens is 1. The van der Waals surface area contributed by atoms with Crippen LogP contribution in [0.25, 0.3) is 10.4 Å². The average molecular weight is 252 g/mol. The summed E-state index contributed by atoms with van der Waals surface area (Å²) < 4.78 is 0. The number of thiophene rings is 1. The van der Waals surface area contributed by atoms with E-state index in [1.165, 1.54) is 16.0 Å². The molecule has 0 atom stereocenters. The second-order valence-corrected chi connectivity index (χ2v) is 5.13. The van der Waals surface area contributed by atoms with Crippen LogP contribution in [-0.2, 0) is 6.54 Å². The molecule has 0 aliphatic rings. The predicted molar refractivity (Wildman–Crippen MR) is 72.3 cm³/mol. The first-order valence-electron chi connectivity index (χ1n) is 5.19. The van der Waals surface area contributed by atoms with Crippen LogP contribution < -0.4 is 5.32 Å². The summed E-state index contributed by atoms with van der Waals surface area (Å²) in [7, 11) is 1.96. The van der Waals surface area contributed by atoms with Gasteiger partial charge in [0, 0.05) is 16.4 Å². The number of benzene rings is 1. The smallest absolute Gasteiger partial charge is 0.0441 e. The van der Waals surface area contributed by atoms with Gasteiger partial charge >= 0.3 is 0 Å². The van der Waals surface area contributed by atoms with E-state index in [-0.39, 0.29) is 0 Å². The van der Waals surface area contributed by atoms with Gasteiger partial charge in [0.25, 0.3) is 0 Å². The SMILES string of the molecule is CNCc1csc(-c2ccc(C)c(Cl)c2)c1. The van der Waals surface area contributed by atoms with Crippen molar-refractivity contribution in [3.63, 3.8) is 0 Å². The fourth-order valence-corrected chi connectivity index (χ4v) is 2.66. The van der Waals surface area contributed by atoms with Crippen LogP contribution in [0.2, 0.25) is 5.02 Å². The lowest BCUT2D eigenvalue weighted by molar-refractivity contribution is 0.821. The van der Waals surface area contributed by atoms with Crippen molar-refractivity contribution in [2.75, 3.05) is 7.05 Å². The maximum Gasteiger partial charge on any atom is 0.0441 e. The first-order chi connectivity index (χ1) is 7.70. The first-order valence-corrected chi connectivity index (χ1v) is 6.45. The Hall–Kier alpha value is -0.830. The normalized spacial score (nSPS) is 10.7. The molecule has 0 unspecified atom stereocenters. The topological polar surface area (TPSA) is 12.0 Å². The highest BCUT2D eigenvalue weighted by Crippen LogP contribution is 2.30. The number of nitrogens with one attached hydrogen (secondary N) is 1. The average Bonchev–Trinajstić information content (AvgIpc) is 2.71. The fraction of sp³-hybridized carbons (Fsp3) is 0.231. The van der Waals surface area contributed by atoms with Crippen LogP contribution in [0, 0.1) is 6.92 Å². The molecule has 1 heterocycles. The van der Waals surface area contributed by atoms with E-state index in [4.69, 9.17) is 11.6 Å². The lowest BCUT2D eigenvalue weighted by Crippen LogP contribution is -2.03. The number of rotatable bonds is 3. The van der Waals surface area contributed by atoms with Gasteiger partial charge in [0.05, 0.1) is 0 Å². The Morgan fingerprint density at radius 2 is 2.12 bits per heavy atom. The Balaban J connectivity index is 2.31. The zero-order valence-corrected chi connectivity index (χ0v) is 11.0. The molecule has 0 saturated heterocycles. The molecule has 2 aromatic rings. The minimum atomic E-state index is 0.834. The number of aryl methyl sites for hydroxylation is 1. The van der Waals surface area contributed by atoms with Gasteiger partial charge in [0.1, 0.15) is 0 Å². The molecular weight excluding hydrogens is 238 g/mol. The van der Waals surface area contributed by atoms with Crippen molar-refractivity contribution < 1.29 is 0 Å². The summed E-state index contributed by atoms with van der Waals surface area (Å²) in [5, 5.41) is 6.16. The van der Waals surface area contributed by atoms with Crippen molar-refractivity contribution in [1.82, 2.24) is 5.32 Å². The van der Waals surface area contributed by atoms with E-state index in [9.17, 15) is 0 Å². The van der Waals surface area contributed by atoms with Gasteiger partial charge in [-0.15, -0.1) is 11.3 Å². The molecule has 0 radical (unpaired) electrons. The lowest BCUT2D eigenvalue weighted by Gasteiger charge is -2.01. The van der Waals surface area contributed by atoms with E-state index in [2.05, 4.69) is 28.9 Å². The summed E-state index contributed by atoms with van der Waals surface area (Å²) in [4.78, 5) is 1.27. The number of hydrogen-bond donors (Lipinski definition) is 1. The molecule has 1 aromatic heterocycles. The van der Waals surface area contributed by atoms with Crippen molar-refractivity contribution in [1.29, 1.82) is 0 Å². The van der Waals surface area contributed by atoms with E-state index in [0.717, 1.165) is 17.1 Å². The maximum atomic E-state index is 6.12. The third-order valence-electron chi connectivity index (χ3n) is 2.49. The van der Waals surface area contributed by atoms with Gasteiger partial charge in [-0.2, -0.15) is 0 Å². The molecule has 1 N–H and O–H groups in total. The molecule has 0 fully saturated rings. The van der Waals surface area contributed by atoms with Gasteiger partial charge in [0.2, 0.25) is 0 Å². The molecule has 1 nitrogen and oxygen atoms in total. The Labute approximate surface area is 105 Å². The highest BCUT2D eigenvalue weighted by molar-refractivity contribution is 7.13. The molecule has 0 aliphatic heterocycles. The van der Waals surface area contributed by atoms with Crippen LogP contribution in [0.15, 0.2) is 29.6 Å². The van der Waals surface area contributed by atoms with E-state index in [1.807, 2.05) is 20.0 Å². The third-order valence-corrected chi connectivity index (χ3v) is 3.93. The lowest BCUT2D eigenvalue weighted by atomic mass is 10.1. The van der Waals surface area contributed by atoms with Crippen molar-refractivity contribution in [3.8, 4) is 10.4 Å². The van der Waals surface area contributed by atoms with Gasteiger partial charge in [-0.25, -0.2) is 0 Å². The van der Waals surface area contributed by atoms with E-state index in [0.29, 0.717) is 0 Å². The largest absolute Gasteiger partial charge is 0.316 e. The zero-order chi connectivity index (χ0) is 11.5. The van der Waals surface area contributed by atoms with Crippen molar-refractivity contribution in [3.05, 3.63) is 45.8 Å². The quantitative estimate of drug-likeness (QED) is 0.866. The molecule has 16 heavy (non-hydrogen) atoms. The van der Waals surface area contributed by atoms with Crippen molar-refractivity contribution in [2.45, 2.75) is 13.5 Å². The van der Waals surface area contributed by atoms with Gasteiger partial charge in [-0.3, -0.25) is 0 Å². The highest BCUT2D eigenvalue weighted by Gasteiger charge is 2.04. The molecule has 0 amide bonds. The molecular formula is C13H14ClNS. The second-order valence-electron chi connectivity index (χ2n) is 3.81. The molecule has 2 rings (SSSR count). The standard InChI is InChI=1S/C13H14ClNS/c1-9-3-4-11(6-12(9)14)13-5-10(7-15-2)8-16-13/h3-6,8,15H,7H2,1-2H3. The van der Waals surface area contributed by atoms with Crippen LogP contribution in [0.1, 0.15) is 11.1 Å². The van der Waals surface area contributed by atoms with Gasteiger partial charge < -0.3 is 5.32 Å².